The Morgan fingerprint density at radius 1 is 1.00 bits per heavy atom. The van der Waals surface area contributed by atoms with Gasteiger partial charge >= 0.3 is 6.03 Å². The smallest absolute Gasteiger partial charge is 0.325 e. The predicted molar refractivity (Wildman–Crippen MR) is 92.4 cm³/mol. The first-order valence-corrected chi connectivity index (χ1v) is 8.07. The van der Waals surface area contributed by atoms with Gasteiger partial charge in [0, 0.05) is 12.8 Å². The van der Waals surface area contributed by atoms with Gasteiger partial charge in [-0.3, -0.25) is 9.59 Å². The first kappa shape index (κ1) is 16.7. The average Bonchev–Trinajstić information content (AvgIpc) is 2.88. The Kier molecular flexibility index (Phi) is 4.79. The third kappa shape index (κ3) is 3.68. The van der Waals surface area contributed by atoms with Crippen molar-refractivity contribution in [1.29, 1.82) is 0 Å². The lowest BCUT2D eigenvalue weighted by Gasteiger charge is -2.22. The van der Waals surface area contributed by atoms with E-state index in [1.54, 1.807) is 0 Å². The van der Waals surface area contributed by atoms with Crippen molar-refractivity contribution in [2.75, 3.05) is 0 Å². The highest BCUT2D eigenvalue weighted by Crippen LogP contribution is 2.18. The first-order valence-electron chi connectivity index (χ1n) is 8.07. The highest BCUT2D eigenvalue weighted by atomic mass is 16.2. The molecule has 1 fully saturated rings. The maximum absolute atomic E-state index is 12.7. The minimum absolute atomic E-state index is 0.202. The molecule has 6 nitrogen and oxygen atoms in total. The number of carbonyl (C=O) groups is 3. The number of amides is 4. The van der Waals surface area contributed by atoms with Gasteiger partial charge in [-0.15, -0.1) is 0 Å². The average molecular weight is 337 g/mol. The van der Waals surface area contributed by atoms with E-state index in [9.17, 15) is 14.4 Å². The maximum atomic E-state index is 12.7. The van der Waals surface area contributed by atoms with Crippen LogP contribution in [0.3, 0.4) is 0 Å². The van der Waals surface area contributed by atoms with Gasteiger partial charge in [0.05, 0.1) is 0 Å². The lowest BCUT2D eigenvalue weighted by atomic mass is 10.0. The predicted octanol–water partition coefficient (Wildman–Crippen LogP) is 1.25. The van der Waals surface area contributed by atoms with Crippen molar-refractivity contribution < 1.29 is 14.4 Å². The molecule has 0 aliphatic carbocycles. The van der Waals surface area contributed by atoms with Crippen LogP contribution < -0.4 is 11.1 Å². The number of hydrogen-bond acceptors (Lipinski definition) is 3. The zero-order chi connectivity index (χ0) is 17.8. The maximum Gasteiger partial charge on any atom is 0.325 e. The van der Waals surface area contributed by atoms with Crippen LogP contribution in [0, 0.1) is 0 Å². The fourth-order valence-corrected chi connectivity index (χ4v) is 2.99. The number of benzene rings is 2. The van der Waals surface area contributed by atoms with Gasteiger partial charge in [0.2, 0.25) is 5.91 Å². The molecule has 128 valence electrons. The molecule has 2 aromatic rings. The van der Waals surface area contributed by atoms with E-state index in [-0.39, 0.29) is 6.42 Å². The summed E-state index contributed by atoms with van der Waals surface area (Å²) in [4.78, 5) is 37.9. The van der Waals surface area contributed by atoms with Crippen molar-refractivity contribution in [1.82, 2.24) is 10.2 Å². The summed E-state index contributed by atoms with van der Waals surface area (Å²) in [5.74, 6) is -1.12. The molecule has 1 aliphatic rings. The number of hydrogen-bond donors (Lipinski definition) is 2. The van der Waals surface area contributed by atoms with Crippen molar-refractivity contribution in [3.63, 3.8) is 0 Å². The van der Waals surface area contributed by atoms with Crippen molar-refractivity contribution in [2.45, 2.75) is 24.9 Å². The molecule has 0 aromatic heterocycles. The standard InChI is InChI=1S/C19H19N3O3/c20-17(23)16(12-14-9-5-2-6-10-14)22-18(24)15(21-19(22)25)11-13-7-3-1-4-8-13/h1-10,15-16H,11-12H2,(H2,20,23)(H,21,25)/t15-,16+/m0/s1. The molecule has 3 N–H and O–H groups in total. The van der Waals surface area contributed by atoms with Crippen LogP contribution in [0.25, 0.3) is 0 Å². The minimum Gasteiger partial charge on any atom is -0.368 e. The Bertz CT molecular complexity index is 777. The molecular formula is C19H19N3O3. The van der Waals surface area contributed by atoms with Gasteiger partial charge in [-0.05, 0) is 11.1 Å². The molecular weight excluding hydrogens is 318 g/mol. The number of nitrogens with one attached hydrogen (secondary N) is 1. The third-order valence-corrected chi connectivity index (χ3v) is 4.25. The summed E-state index contributed by atoms with van der Waals surface area (Å²) >= 11 is 0. The summed E-state index contributed by atoms with van der Waals surface area (Å²) in [7, 11) is 0. The van der Waals surface area contributed by atoms with Gasteiger partial charge in [0.15, 0.2) is 0 Å². The summed E-state index contributed by atoms with van der Waals surface area (Å²) < 4.78 is 0. The second-order valence-electron chi connectivity index (χ2n) is 6.01. The highest BCUT2D eigenvalue weighted by Gasteiger charge is 2.43. The van der Waals surface area contributed by atoms with Gasteiger partial charge in [0.25, 0.3) is 5.91 Å². The van der Waals surface area contributed by atoms with Crippen molar-refractivity contribution in [3.05, 3.63) is 71.8 Å². The molecule has 25 heavy (non-hydrogen) atoms. The van der Waals surface area contributed by atoms with E-state index < -0.39 is 29.9 Å². The largest absolute Gasteiger partial charge is 0.368 e. The zero-order valence-electron chi connectivity index (χ0n) is 13.6. The van der Waals surface area contributed by atoms with Crippen LogP contribution in [0.5, 0.6) is 0 Å². The van der Waals surface area contributed by atoms with Crippen molar-refractivity contribution >= 4 is 17.8 Å². The number of imide groups is 1. The van der Waals surface area contributed by atoms with Gasteiger partial charge in [-0.25, -0.2) is 9.69 Å². The van der Waals surface area contributed by atoms with Gasteiger partial charge in [-0.1, -0.05) is 60.7 Å². The van der Waals surface area contributed by atoms with Crippen LogP contribution in [0.15, 0.2) is 60.7 Å². The van der Waals surface area contributed by atoms with Crippen LogP contribution in [0.4, 0.5) is 4.79 Å². The number of urea groups is 1. The SMILES string of the molecule is NC(=O)[C@@H](Cc1ccccc1)N1C(=O)N[C@@H](Cc2ccccc2)C1=O. The van der Waals surface area contributed by atoms with E-state index in [2.05, 4.69) is 5.32 Å². The Morgan fingerprint density at radius 3 is 2.12 bits per heavy atom. The van der Waals surface area contributed by atoms with Crippen LogP contribution in [0.2, 0.25) is 0 Å². The molecule has 0 bridgehead atoms. The fraction of sp³-hybridized carbons (Fsp3) is 0.211. The molecule has 1 heterocycles. The van der Waals surface area contributed by atoms with Crippen LogP contribution in [-0.4, -0.2) is 34.8 Å². The third-order valence-electron chi connectivity index (χ3n) is 4.25. The van der Waals surface area contributed by atoms with Crippen molar-refractivity contribution in [3.8, 4) is 0 Å². The topological polar surface area (TPSA) is 92.5 Å². The molecule has 1 aliphatic heterocycles. The number of nitrogens with two attached hydrogens (primary N) is 1. The second kappa shape index (κ2) is 7.17. The van der Waals surface area contributed by atoms with E-state index in [1.807, 2.05) is 60.7 Å². The van der Waals surface area contributed by atoms with E-state index in [4.69, 9.17) is 5.73 Å². The van der Waals surface area contributed by atoms with Crippen LogP contribution in [0.1, 0.15) is 11.1 Å². The summed E-state index contributed by atoms with van der Waals surface area (Å²) in [6, 6.07) is 16.3. The monoisotopic (exact) mass is 337 g/mol. The lowest BCUT2D eigenvalue weighted by molar-refractivity contribution is -0.134. The summed E-state index contributed by atoms with van der Waals surface area (Å²) in [6.07, 6.45) is 0.576. The molecule has 0 saturated carbocycles. The van der Waals surface area contributed by atoms with Gasteiger partial charge in [0.1, 0.15) is 12.1 Å². The number of rotatable bonds is 6. The van der Waals surface area contributed by atoms with Crippen LogP contribution >= 0.6 is 0 Å². The number of carbonyl (C=O) groups excluding carboxylic acids is 3. The molecule has 3 rings (SSSR count). The van der Waals surface area contributed by atoms with Crippen LogP contribution in [-0.2, 0) is 22.4 Å². The molecule has 6 heteroatoms. The molecule has 0 unspecified atom stereocenters. The highest BCUT2D eigenvalue weighted by molar-refractivity contribution is 6.07. The summed E-state index contributed by atoms with van der Waals surface area (Å²) in [5, 5.41) is 2.65. The Hall–Kier alpha value is -3.15. The lowest BCUT2D eigenvalue weighted by Crippen LogP contribution is -2.49. The second-order valence-corrected chi connectivity index (χ2v) is 6.01. The summed E-state index contributed by atoms with van der Waals surface area (Å²) in [6.45, 7) is 0. The van der Waals surface area contributed by atoms with E-state index in [1.165, 1.54) is 0 Å². The van der Waals surface area contributed by atoms with E-state index in [0.29, 0.717) is 6.42 Å². The number of primary amides is 1. The van der Waals surface area contributed by atoms with E-state index in [0.717, 1.165) is 16.0 Å². The fourth-order valence-electron chi connectivity index (χ4n) is 2.99. The van der Waals surface area contributed by atoms with E-state index >= 15 is 0 Å². The normalized spacial score (nSPS) is 18.1. The van der Waals surface area contributed by atoms with Gasteiger partial charge in [-0.2, -0.15) is 0 Å². The first-order chi connectivity index (χ1) is 12.1. The molecule has 2 aromatic carbocycles. The molecule has 1 saturated heterocycles. The number of nitrogens with zero attached hydrogens (tertiary/aromatic N) is 1. The minimum atomic E-state index is -1.00. The molecule has 2 atom stereocenters. The molecule has 4 amide bonds. The van der Waals surface area contributed by atoms with Gasteiger partial charge < -0.3 is 11.1 Å². The molecule has 0 radical (unpaired) electrons. The summed E-state index contributed by atoms with van der Waals surface area (Å²) in [5.41, 5.74) is 7.24. The molecule has 0 spiro atoms. The Morgan fingerprint density at radius 2 is 1.56 bits per heavy atom. The Balaban J connectivity index is 1.78. The Labute approximate surface area is 145 Å². The quantitative estimate of drug-likeness (QED) is 0.777. The zero-order valence-corrected chi connectivity index (χ0v) is 13.6. The van der Waals surface area contributed by atoms with Crippen molar-refractivity contribution in [2.24, 2.45) is 5.73 Å².